The van der Waals surface area contributed by atoms with Gasteiger partial charge in [0.05, 0.1) is 17.7 Å². The normalized spacial score (nSPS) is 34.0. The highest BCUT2D eigenvalue weighted by atomic mass is 16.6. The van der Waals surface area contributed by atoms with Crippen molar-refractivity contribution < 1.29 is 23.5 Å². The molecule has 0 bridgehead atoms. The van der Waals surface area contributed by atoms with E-state index in [9.17, 15) is 9.59 Å². The van der Waals surface area contributed by atoms with Crippen molar-refractivity contribution in [2.24, 2.45) is 17.8 Å². The number of hydrogen-bond donors (Lipinski definition) is 0. The van der Waals surface area contributed by atoms with Gasteiger partial charge in [0.1, 0.15) is 18.5 Å². The standard InChI is InChI=1S/C20H20O5/c1-10-4-5-14-11(2)8-15(24-20(22)13-6-7-23-9-13)17-12(3)19(21)25-18(17)16(10)14/h4,6-7,9,14-18H,2-3,5,8H2,1H3. The fourth-order valence-corrected chi connectivity index (χ4v) is 4.40. The van der Waals surface area contributed by atoms with Crippen LogP contribution in [0.3, 0.4) is 0 Å². The minimum Gasteiger partial charge on any atom is -0.472 e. The summed E-state index contributed by atoms with van der Waals surface area (Å²) < 4.78 is 16.4. The summed E-state index contributed by atoms with van der Waals surface area (Å²) in [6.45, 7) is 10.2. The van der Waals surface area contributed by atoms with Crippen molar-refractivity contribution in [3.8, 4) is 0 Å². The molecule has 2 fully saturated rings. The number of carbonyl (C=O) groups excluding carboxylic acids is 2. The minimum atomic E-state index is -0.516. The van der Waals surface area contributed by atoms with Crippen molar-refractivity contribution in [2.45, 2.75) is 32.0 Å². The summed E-state index contributed by atoms with van der Waals surface area (Å²) in [6, 6.07) is 1.55. The minimum absolute atomic E-state index is 0.0818. The molecule has 2 heterocycles. The Morgan fingerprint density at radius 3 is 2.84 bits per heavy atom. The lowest BCUT2D eigenvalue weighted by molar-refractivity contribution is -0.141. The van der Waals surface area contributed by atoms with E-state index in [0.29, 0.717) is 17.6 Å². The number of hydrogen-bond acceptors (Lipinski definition) is 5. The maximum atomic E-state index is 12.4. The molecule has 0 spiro atoms. The zero-order valence-corrected chi connectivity index (χ0v) is 14.1. The second-order valence-electron chi connectivity index (χ2n) is 7.06. The van der Waals surface area contributed by atoms with Gasteiger partial charge in [-0.2, -0.15) is 0 Å². The first kappa shape index (κ1) is 15.9. The Bertz CT molecular complexity index is 785. The van der Waals surface area contributed by atoms with E-state index in [2.05, 4.69) is 26.2 Å². The first-order chi connectivity index (χ1) is 12.0. The average Bonchev–Trinajstić information content (AvgIpc) is 3.26. The molecule has 1 saturated heterocycles. The molecule has 0 N–H and O–H groups in total. The molecule has 5 heteroatoms. The van der Waals surface area contributed by atoms with E-state index in [4.69, 9.17) is 13.9 Å². The molecule has 25 heavy (non-hydrogen) atoms. The summed E-state index contributed by atoms with van der Waals surface area (Å²) in [5, 5.41) is 0. The number of furan rings is 1. The van der Waals surface area contributed by atoms with Crippen LogP contribution in [0.25, 0.3) is 0 Å². The second kappa shape index (κ2) is 5.76. The summed E-state index contributed by atoms with van der Waals surface area (Å²) in [6.07, 6.45) is 5.46. The molecule has 0 radical (unpaired) electrons. The average molecular weight is 340 g/mol. The summed E-state index contributed by atoms with van der Waals surface area (Å²) in [5.74, 6) is -0.930. The molecular formula is C20H20O5. The van der Waals surface area contributed by atoms with E-state index < -0.39 is 18.0 Å². The first-order valence-electron chi connectivity index (χ1n) is 8.44. The lowest BCUT2D eigenvalue weighted by Gasteiger charge is -2.28. The van der Waals surface area contributed by atoms with Crippen LogP contribution >= 0.6 is 0 Å². The zero-order chi connectivity index (χ0) is 17.7. The van der Waals surface area contributed by atoms with Gasteiger partial charge in [0.25, 0.3) is 0 Å². The molecule has 3 aliphatic rings. The van der Waals surface area contributed by atoms with Crippen LogP contribution in [0.5, 0.6) is 0 Å². The summed E-state index contributed by atoms with van der Waals surface area (Å²) in [4.78, 5) is 24.6. The molecule has 5 atom stereocenters. The van der Waals surface area contributed by atoms with Crippen LogP contribution in [-0.4, -0.2) is 24.1 Å². The monoisotopic (exact) mass is 340 g/mol. The highest BCUT2D eigenvalue weighted by Crippen LogP contribution is 2.51. The van der Waals surface area contributed by atoms with Crippen molar-refractivity contribution in [3.05, 3.63) is 60.1 Å². The largest absolute Gasteiger partial charge is 0.472 e. The van der Waals surface area contributed by atoms with E-state index in [1.54, 1.807) is 6.07 Å². The summed E-state index contributed by atoms with van der Waals surface area (Å²) in [5.41, 5.74) is 2.95. The van der Waals surface area contributed by atoms with Crippen LogP contribution in [0, 0.1) is 17.8 Å². The van der Waals surface area contributed by atoms with Gasteiger partial charge in [0.2, 0.25) is 0 Å². The van der Waals surface area contributed by atoms with Crippen LogP contribution in [-0.2, 0) is 14.3 Å². The van der Waals surface area contributed by atoms with Crippen molar-refractivity contribution in [1.29, 1.82) is 0 Å². The third-order valence-corrected chi connectivity index (χ3v) is 5.67. The highest BCUT2D eigenvalue weighted by Gasteiger charge is 2.54. The quantitative estimate of drug-likeness (QED) is 0.469. The van der Waals surface area contributed by atoms with Gasteiger partial charge in [-0.25, -0.2) is 9.59 Å². The van der Waals surface area contributed by atoms with Gasteiger partial charge in [0, 0.05) is 17.9 Å². The van der Waals surface area contributed by atoms with Crippen LogP contribution < -0.4 is 0 Å². The molecule has 0 amide bonds. The number of rotatable bonds is 2. The summed E-state index contributed by atoms with van der Waals surface area (Å²) >= 11 is 0. The maximum Gasteiger partial charge on any atom is 0.341 e. The second-order valence-corrected chi connectivity index (χ2v) is 7.06. The fourth-order valence-electron chi connectivity index (χ4n) is 4.40. The lowest BCUT2D eigenvalue weighted by atomic mass is 9.80. The Morgan fingerprint density at radius 2 is 2.12 bits per heavy atom. The number of esters is 2. The summed E-state index contributed by atoms with van der Waals surface area (Å²) in [7, 11) is 0. The lowest BCUT2D eigenvalue weighted by Crippen LogP contribution is -2.36. The Hall–Kier alpha value is -2.56. The first-order valence-corrected chi connectivity index (χ1v) is 8.44. The molecule has 5 unspecified atom stereocenters. The number of carbonyl (C=O) groups is 2. The number of ether oxygens (including phenoxy) is 2. The van der Waals surface area contributed by atoms with Gasteiger partial charge in [-0.15, -0.1) is 0 Å². The van der Waals surface area contributed by atoms with Crippen LogP contribution in [0.2, 0.25) is 0 Å². The smallest absolute Gasteiger partial charge is 0.341 e. The molecule has 5 nitrogen and oxygen atoms in total. The number of allylic oxidation sites excluding steroid dienone is 1. The van der Waals surface area contributed by atoms with Crippen molar-refractivity contribution in [2.75, 3.05) is 0 Å². The Labute approximate surface area is 146 Å². The van der Waals surface area contributed by atoms with Gasteiger partial charge in [-0.3, -0.25) is 0 Å². The Kier molecular flexibility index (Phi) is 3.67. The third kappa shape index (κ3) is 2.46. The predicted octanol–water partition coefficient (Wildman–Crippen LogP) is 3.45. The Balaban J connectivity index is 1.68. The molecule has 4 rings (SSSR count). The molecule has 1 aliphatic heterocycles. The van der Waals surface area contributed by atoms with Crippen LogP contribution in [0.1, 0.15) is 30.1 Å². The van der Waals surface area contributed by atoms with E-state index in [1.807, 2.05) is 0 Å². The van der Waals surface area contributed by atoms with Gasteiger partial charge < -0.3 is 13.9 Å². The maximum absolute atomic E-state index is 12.4. The molecule has 130 valence electrons. The molecule has 1 saturated carbocycles. The van der Waals surface area contributed by atoms with E-state index >= 15 is 0 Å². The fraction of sp³-hybridized carbons (Fsp3) is 0.400. The highest BCUT2D eigenvalue weighted by molar-refractivity contribution is 5.92. The van der Waals surface area contributed by atoms with Crippen LogP contribution in [0.4, 0.5) is 0 Å². The zero-order valence-electron chi connectivity index (χ0n) is 14.1. The van der Waals surface area contributed by atoms with Crippen molar-refractivity contribution >= 4 is 11.9 Å². The molecule has 2 aliphatic carbocycles. The number of fused-ring (bicyclic) bond motifs is 3. The topological polar surface area (TPSA) is 65.7 Å². The van der Waals surface area contributed by atoms with E-state index in [1.165, 1.54) is 18.1 Å². The van der Waals surface area contributed by atoms with Crippen molar-refractivity contribution in [3.63, 3.8) is 0 Å². The molecule has 1 aromatic heterocycles. The van der Waals surface area contributed by atoms with Gasteiger partial charge in [-0.1, -0.05) is 30.4 Å². The molecule has 0 aromatic carbocycles. The predicted molar refractivity (Wildman–Crippen MR) is 89.5 cm³/mol. The molecule has 1 aromatic rings. The Morgan fingerprint density at radius 1 is 1.32 bits per heavy atom. The molecular weight excluding hydrogens is 320 g/mol. The van der Waals surface area contributed by atoms with E-state index in [-0.39, 0.29) is 23.9 Å². The van der Waals surface area contributed by atoms with Crippen LogP contribution in [0.15, 0.2) is 59.0 Å². The SMILES string of the molecule is C=C1CC(OC(=O)c2ccoc2)C2C(=C)C(=O)OC2C2C(C)=CCC12. The van der Waals surface area contributed by atoms with E-state index in [0.717, 1.165) is 12.0 Å². The van der Waals surface area contributed by atoms with Gasteiger partial charge in [-0.05, 0) is 25.3 Å². The van der Waals surface area contributed by atoms with Gasteiger partial charge in [0.15, 0.2) is 0 Å². The van der Waals surface area contributed by atoms with Gasteiger partial charge >= 0.3 is 11.9 Å². The third-order valence-electron chi connectivity index (χ3n) is 5.67. The van der Waals surface area contributed by atoms with Crippen molar-refractivity contribution in [1.82, 2.24) is 0 Å².